The average molecular weight is 808 g/mol. The second-order valence-electron chi connectivity index (χ2n) is 16.3. The summed E-state index contributed by atoms with van der Waals surface area (Å²) in [6, 6.07) is 70.3. The van der Waals surface area contributed by atoms with Crippen molar-refractivity contribution in [3.8, 4) is 62.4 Å². The molecule has 6 nitrogen and oxygen atoms in total. The fraction of sp³-hybridized carbons (Fsp3) is 0.0351. The van der Waals surface area contributed by atoms with Crippen molar-refractivity contribution in [3.05, 3.63) is 223 Å². The fourth-order valence-corrected chi connectivity index (χ4v) is 9.85. The fourth-order valence-electron chi connectivity index (χ4n) is 9.85. The summed E-state index contributed by atoms with van der Waals surface area (Å²) in [6.07, 6.45) is 4.41. The van der Waals surface area contributed by atoms with E-state index in [9.17, 15) is 0 Å². The number of fused-ring (bicyclic) bond motifs is 10. The number of aromatic nitrogens is 5. The number of hydrogen-bond donors (Lipinski definition) is 0. The van der Waals surface area contributed by atoms with E-state index in [1.54, 1.807) is 0 Å². The molecule has 2 unspecified atom stereocenters. The molecule has 4 heterocycles. The van der Waals surface area contributed by atoms with E-state index in [-0.39, 0.29) is 12.0 Å². The molecule has 0 fully saturated rings. The van der Waals surface area contributed by atoms with E-state index in [1.165, 1.54) is 22.1 Å². The molecule has 0 N–H and O–H groups in total. The van der Waals surface area contributed by atoms with Crippen molar-refractivity contribution in [2.24, 2.45) is 0 Å². The highest BCUT2D eigenvalue weighted by Crippen LogP contribution is 2.53. The summed E-state index contributed by atoms with van der Waals surface area (Å²) in [5.74, 6) is 2.66. The van der Waals surface area contributed by atoms with Crippen molar-refractivity contribution in [3.63, 3.8) is 0 Å². The molecule has 0 saturated heterocycles. The lowest BCUT2D eigenvalue weighted by Gasteiger charge is -2.22. The summed E-state index contributed by atoms with van der Waals surface area (Å²) < 4.78 is 11.5. The molecule has 13 rings (SSSR count). The summed E-state index contributed by atoms with van der Waals surface area (Å²) in [5, 5.41) is 3.50. The highest BCUT2D eigenvalue weighted by Gasteiger charge is 2.40. The van der Waals surface area contributed by atoms with Crippen molar-refractivity contribution >= 4 is 38.8 Å². The molecule has 0 bridgehead atoms. The van der Waals surface area contributed by atoms with Crippen LogP contribution in [0.25, 0.3) is 95.5 Å². The normalized spacial score (nSPS) is 15.0. The van der Waals surface area contributed by atoms with Gasteiger partial charge in [0.05, 0.1) is 22.2 Å². The second-order valence-corrected chi connectivity index (χ2v) is 16.3. The van der Waals surface area contributed by atoms with Gasteiger partial charge in [-0.1, -0.05) is 158 Å². The van der Waals surface area contributed by atoms with Crippen LogP contribution in [0.2, 0.25) is 0 Å². The highest BCUT2D eigenvalue weighted by molar-refractivity contribution is 6.09. The van der Waals surface area contributed by atoms with Gasteiger partial charge in [0.2, 0.25) is 5.95 Å². The van der Waals surface area contributed by atoms with Crippen LogP contribution in [0.15, 0.2) is 206 Å². The van der Waals surface area contributed by atoms with Crippen LogP contribution in [0.4, 0.5) is 0 Å². The van der Waals surface area contributed by atoms with Crippen LogP contribution in [-0.2, 0) is 0 Å². The molecule has 2 aliphatic rings. The number of rotatable bonds is 6. The molecule has 0 radical (unpaired) electrons. The average Bonchev–Trinajstić information content (AvgIpc) is 4.02. The van der Waals surface area contributed by atoms with E-state index < -0.39 is 0 Å². The van der Waals surface area contributed by atoms with Crippen LogP contribution < -0.4 is 4.74 Å². The zero-order valence-corrected chi connectivity index (χ0v) is 34.0. The molecule has 2 atom stereocenters. The van der Waals surface area contributed by atoms with Crippen LogP contribution in [0, 0.1) is 0 Å². The Morgan fingerprint density at radius 2 is 0.952 bits per heavy atom. The largest absolute Gasteiger partial charge is 0.484 e. The van der Waals surface area contributed by atoms with Gasteiger partial charge in [-0.2, -0.15) is 9.97 Å². The molecule has 8 aromatic carbocycles. The first-order valence-corrected chi connectivity index (χ1v) is 21.4. The van der Waals surface area contributed by atoms with Gasteiger partial charge in [-0.3, -0.25) is 4.57 Å². The molecular formula is C57H37N5O. The SMILES string of the molecule is C1=CC2c3cc(-c4nc(-c5ccc(-c6ccccc6)cc5)nc(-n5c6ccccc6c6ccccc65)n4)ccc3OC2c2c1n(-c1cccc(-c3ccccc3)c1)c1ccccc21. The maximum atomic E-state index is 6.98. The van der Waals surface area contributed by atoms with Crippen molar-refractivity contribution in [2.75, 3.05) is 0 Å². The van der Waals surface area contributed by atoms with Crippen LogP contribution in [-0.4, -0.2) is 24.1 Å². The Morgan fingerprint density at radius 1 is 0.413 bits per heavy atom. The summed E-state index contributed by atoms with van der Waals surface area (Å²) in [6.45, 7) is 0. The van der Waals surface area contributed by atoms with E-state index >= 15 is 0 Å². The summed E-state index contributed by atoms with van der Waals surface area (Å²) in [5.41, 5.74) is 14.3. The lowest BCUT2D eigenvalue weighted by atomic mass is 9.85. The van der Waals surface area contributed by atoms with Gasteiger partial charge in [0.1, 0.15) is 11.9 Å². The van der Waals surface area contributed by atoms with Gasteiger partial charge in [0, 0.05) is 50.0 Å². The second kappa shape index (κ2) is 14.1. The summed E-state index contributed by atoms with van der Waals surface area (Å²) in [7, 11) is 0. The van der Waals surface area contributed by atoms with Crippen molar-refractivity contribution in [2.45, 2.75) is 12.0 Å². The monoisotopic (exact) mass is 807 g/mol. The lowest BCUT2D eigenvalue weighted by molar-refractivity contribution is 0.224. The maximum absolute atomic E-state index is 6.98. The third-order valence-corrected chi connectivity index (χ3v) is 12.8. The molecule has 6 heteroatoms. The first kappa shape index (κ1) is 35.4. The van der Waals surface area contributed by atoms with Gasteiger partial charge in [-0.15, -0.1) is 0 Å². The Kier molecular flexibility index (Phi) is 7.93. The summed E-state index contributed by atoms with van der Waals surface area (Å²) >= 11 is 0. The van der Waals surface area contributed by atoms with E-state index in [1.807, 2.05) is 6.07 Å². The first-order valence-electron chi connectivity index (χ1n) is 21.4. The van der Waals surface area contributed by atoms with E-state index in [2.05, 4.69) is 215 Å². The topological polar surface area (TPSA) is 57.8 Å². The maximum Gasteiger partial charge on any atom is 0.238 e. The molecule has 11 aromatic rings. The Hall–Kier alpha value is -8.35. The highest BCUT2D eigenvalue weighted by atomic mass is 16.5. The Balaban J connectivity index is 0.935. The standard InChI is InChI=1S/C57H37N5O/c1-3-14-36(15-4-1)38-26-28-39(29-27-38)55-58-56(60-57(59-55)62-48-23-10-7-20-43(48)44-21-8-11-24-49(44)62)41-30-33-52-47(35-41)45-31-32-51-53(54(45)63-52)46-22-9-12-25-50(46)61(51)42-19-13-18-40(34-42)37-16-5-2-6-17-37/h1-35,45,54H. The first-order chi connectivity index (χ1) is 31.2. The molecule has 0 spiro atoms. The van der Waals surface area contributed by atoms with Crippen molar-refractivity contribution in [1.29, 1.82) is 0 Å². The van der Waals surface area contributed by atoms with E-state index in [0.717, 1.165) is 72.3 Å². The smallest absolute Gasteiger partial charge is 0.238 e. The van der Waals surface area contributed by atoms with Crippen molar-refractivity contribution < 1.29 is 4.74 Å². The molecule has 296 valence electrons. The van der Waals surface area contributed by atoms with Gasteiger partial charge < -0.3 is 9.30 Å². The Bertz CT molecular complexity index is 3550. The minimum absolute atomic E-state index is 0.00556. The van der Waals surface area contributed by atoms with E-state index in [0.29, 0.717) is 17.6 Å². The van der Waals surface area contributed by atoms with Gasteiger partial charge in [0.15, 0.2) is 11.6 Å². The Morgan fingerprint density at radius 3 is 1.65 bits per heavy atom. The number of benzene rings is 8. The van der Waals surface area contributed by atoms with Crippen LogP contribution in [0.1, 0.15) is 28.8 Å². The molecule has 1 aliphatic heterocycles. The molecular weight excluding hydrogens is 771 g/mol. The lowest BCUT2D eigenvalue weighted by Crippen LogP contribution is -2.13. The Labute approximate surface area is 363 Å². The number of nitrogens with zero attached hydrogens (tertiary/aromatic N) is 5. The molecule has 0 saturated carbocycles. The predicted molar refractivity (Wildman–Crippen MR) is 254 cm³/mol. The van der Waals surface area contributed by atoms with Gasteiger partial charge in [-0.25, -0.2) is 4.98 Å². The van der Waals surface area contributed by atoms with Gasteiger partial charge in [-0.05, 0) is 76.9 Å². The molecule has 63 heavy (non-hydrogen) atoms. The number of ether oxygens (including phenoxy) is 1. The summed E-state index contributed by atoms with van der Waals surface area (Å²) in [4.78, 5) is 15.7. The van der Waals surface area contributed by atoms with Crippen LogP contribution in [0.5, 0.6) is 5.75 Å². The predicted octanol–water partition coefficient (Wildman–Crippen LogP) is 13.8. The zero-order chi connectivity index (χ0) is 41.4. The third-order valence-electron chi connectivity index (χ3n) is 12.8. The quantitative estimate of drug-likeness (QED) is 0.168. The minimum Gasteiger partial charge on any atom is -0.484 e. The third kappa shape index (κ3) is 5.69. The molecule has 3 aromatic heterocycles. The van der Waals surface area contributed by atoms with Gasteiger partial charge >= 0.3 is 0 Å². The van der Waals surface area contributed by atoms with Crippen LogP contribution in [0.3, 0.4) is 0 Å². The number of para-hydroxylation sites is 3. The minimum atomic E-state index is -0.191. The van der Waals surface area contributed by atoms with E-state index in [4.69, 9.17) is 19.7 Å². The number of hydrogen-bond acceptors (Lipinski definition) is 4. The van der Waals surface area contributed by atoms with Gasteiger partial charge in [0.25, 0.3) is 0 Å². The molecule has 0 amide bonds. The molecule has 1 aliphatic carbocycles. The van der Waals surface area contributed by atoms with Crippen LogP contribution >= 0.6 is 0 Å². The van der Waals surface area contributed by atoms with Crippen molar-refractivity contribution in [1.82, 2.24) is 24.1 Å². The zero-order valence-electron chi connectivity index (χ0n) is 34.0.